The fraction of sp³-hybridized carbons (Fsp3) is 0.267. The number of hydrogen-bond donors (Lipinski definition) is 0. The Morgan fingerprint density at radius 1 is 1.23 bits per heavy atom. The van der Waals surface area contributed by atoms with Gasteiger partial charge in [0.15, 0.2) is 12.5 Å². The largest absolute Gasteiger partial charge is 0.454 e. The molecular formula is C15H12F3N5O3. The first-order valence-corrected chi connectivity index (χ1v) is 7.31. The highest BCUT2D eigenvalue weighted by Crippen LogP contribution is 2.18. The summed E-state index contributed by atoms with van der Waals surface area (Å²) in [5.74, 6) is 0.465. The van der Waals surface area contributed by atoms with Crippen molar-refractivity contribution in [1.82, 2.24) is 24.7 Å². The number of ether oxygens (including phenoxy) is 1. The molecule has 0 saturated heterocycles. The lowest BCUT2D eigenvalue weighted by atomic mass is 10.2. The molecule has 0 aromatic carbocycles. The normalized spacial score (nSPS) is 11.5. The highest BCUT2D eigenvalue weighted by molar-refractivity contribution is 5.55. The number of oxazole rings is 1. The zero-order chi connectivity index (χ0) is 18.7. The molecule has 11 heteroatoms. The second kappa shape index (κ2) is 6.94. The third-order valence-corrected chi connectivity index (χ3v) is 3.13. The second-order valence-electron chi connectivity index (χ2n) is 5.23. The highest BCUT2D eigenvalue weighted by Gasteiger charge is 2.28. The van der Waals surface area contributed by atoms with Crippen LogP contribution in [-0.4, -0.2) is 37.5 Å². The summed E-state index contributed by atoms with van der Waals surface area (Å²) in [5.41, 5.74) is 0.962. The minimum atomic E-state index is -4.47. The van der Waals surface area contributed by atoms with Crippen LogP contribution in [0.4, 0.5) is 13.2 Å². The molecule has 0 amide bonds. The Morgan fingerprint density at radius 2 is 1.96 bits per heavy atom. The van der Waals surface area contributed by atoms with E-state index >= 15 is 0 Å². The molecule has 0 fully saturated rings. The van der Waals surface area contributed by atoms with Gasteiger partial charge in [-0.25, -0.2) is 19.6 Å². The molecule has 26 heavy (non-hydrogen) atoms. The van der Waals surface area contributed by atoms with Gasteiger partial charge < -0.3 is 9.15 Å². The van der Waals surface area contributed by atoms with Gasteiger partial charge in [-0.15, -0.1) is 0 Å². The monoisotopic (exact) mass is 367 g/mol. The van der Waals surface area contributed by atoms with Gasteiger partial charge in [-0.3, -0.25) is 4.79 Å². The maximum Gasteiger partial charge on any atom is 0.422 e. The fourth-order valence-corrected chi connectivity index (χ4v) is 2.02. The van der Waals surface area contributed by atoms with Crippen LogP contribution in [0.25, 0.3) is 11.3 Å². The summed E-state index contributed by atoms with van der Waals surface area (Å²) < 4.78 is 47.0. The van der Waals surface area contributed by atoms with Gasteiger partial charge in [0.25, 0.3) is 5.56 Å². The highest BCUT2D eigenvalue weighted by atomic mass is 19.4. The number of nitrogens with zero attached hydrogens (tertiary/aromatic N) is 5. The number of aromatic nitrogens is 5. The minimum Gasteiger partial charge on any atom is -0.454 e. The first kappa shape index (κ1) is 17.6. The number of alkyl halides is 3. The third-order valence-electron chi connectivity index (χ3n) is 3.13. The molecule has 3 aromatic rings. The molecule has 0 aliphatic heterocycles. The SMILES string of the molecule is Cc1nc(Cn2nc(-c3cnc(OCC(F)(F)F)nc3)ccc2=O)co1. The summed E-state index contributed by atoms with van der Waals surface area (Å²) in [6.45, 7) is 0.306. The van der Waals surface area contributed by atoms with E-state index in [0.29, 0.717) is 22.8 Å². The molecule has 0 N–H and O–H groups in total. The standard InChI is InChI=1S/C15H12F3N5O3/c1-9-21-11(7-25-9)6-23-13(24)3-2-12(22-23)10-4-19-14(20-5-10)26-8-15(16,17)18/h2-5,7H,6,8H2,1H3. The van der Waals surface area contributed by atoms with E-state index in [2.05, 4.69) is 24.8 Å². The molecule has 0 aliphatic carbocycles. The van der Waals surface area contributed by atoms with Crippen molar-refractivity contribution in [2.75, 3.05) is 6.61 Å². The number of halogens is 3. The average molecular weight is 367 g/mol. The Balaban J connectivity index is 1.78. The smallest absolute Gasteiger partial charge is 0.422 e. The summed E-state index contributed by atoms with van der Waals surface area (Å²) in [6.07, 6.45) is -0.531. The summed E-state index contributed by atoms with van der Waals surface area (Å²) in [6, 6.07) is 2.36. The van der Waals surface area contributed by atoms with Gasteiger partial charge in [0.1, 0.15) is 12.0 Å². The second-order valence-corrected chi connectivity index (χ2v) is 5.23. The Labute approximate surface area is 144 Å². The Hall–Kier alpha value is -3.24. The van der Waals surface area contributed by atoms with E-state index in [4.69, 9.17) is 4.42 Å². The maximum atomic E-state index is 12.1. The van der Waals surface area contributed by atoms with Crippen molar-refractivity contribution in [3.8, 4) is 17.3 Å². The van der Waals surface area contributed by atoms with Crippen molar-refractivity contribution in [3.63, 3.8) is 0 Å². The van der Waals surface area contributed by atoms with Gasteiger partial charge in [0.05, 0.1) is 12.2 Å². The number of rotatable bonds is 5. The zero-order valence-corrected chi connectivity index (χ0v) is 13.4. The summed E-state index contributed by atoms with van der Waals surface area (Å²) in [5, 5.41) is 4.18. The van der Waals surface area contributed by atoms with Gasteiger partial charge in [-0.1, -0.05) is 0 Å². The van der Waals surface area contributed by atoms with Crippen molar-refractivity contribution < 1.29 is 22.3 Å². The molecule has 3 heterocycles. The summed E-state index contributed by atoms with van der Waals surface area (Å²) >= 11 is 0. The van der Waals surface area contributed by atoms with E-state index in [1.165, 1.54) is 35.5 Å². The van der Waals surface area contributed by atoms with Crippen LogP contribution in [0, 0.1) is 6.92 Å². The Bertz CT molecular complexity index is 950. The molecule has 3 aromatic heterocycles. The van der Waals surface area contributed by atoms with Gasteiger partial charge >= 0.3 is 12.2 Å². The van der Waals surface area contributed by atoms with E-state index in [-0.39, 0.29) is 12.1 Å². The molecule has 0 radical (unpaired) electrons. The van der Waals surface area contributed by atoms with Crippen LogP contribution in [0.3, 0.4) is 0 Å². The average Bonchev–Trinajstić information content (AvgIpc) is 3.00. The van der Waals surface area contributed by atoms with Crippen molar-refractivity contribution in [1.29, 1.82) is 0 Å². The van der Waals surface area contributed by atoms with Crippen molar-refractivity contribution >= 4 is 0 Å². The quantitative estimate of drug-likeness (QED) is 0.680. The molecule has 136 valence electrons. The van der Waals surface area contributed by atoms with E-state index in [0.717, 1.165) is 0 Å². The van der Waals surface area contributed by atoms with Gasteiger partial charge in [0.2, 0.25) is 0 Å². The number of hydrogen-bond acceptors (Lipinski definition) is 7. The molecule has 0 unspecified atom stereocenters. The first-order valence-electron chi connectivity index (χ1n) is 7.31. The van der Waals surface area contributed by atoms with Crippen LogP contribution in [0.1, 0.15) is 11.6 Å². The predicted molar refractivity (Wildman–Crippen MR) is 81.4 cm³/mol. The van der Waals surface area contributed by atoms with E-state index < -0.39 is 18.8 Å². The Kier molecular flexibility index (Phi) is 4.69. The van der Waals surface area contributed by atoms with Crippen molar-refractivity contribution in [2.24, 2.45) is 0 Å². The molecule has 0 aliphatic rings. The first-order chi connectivity index (χ1) is 12.3. The molecular weight excluding hydrogens is 355 g/mol. The van der Waals surface area contributed by atoms with Gasteiger partial charge in [0, 0.05) is 30.9 Å². The van der Waals surface area contributed by atoms with Crippen LogP contribution >= 0.6 is 0 Å². The van der Waals surface area contributed by atoms with Crippen LogP contribution < -0.4 is 10.3 Å². The lowest BCUT2D eigenvalue weighted by Crippen LogP contribution is -2.23. The van der Waals surface area contributed by atoms with E-state index in [1.807, 2.05) is 0 Å². The minimum absolute atomic E-state index is 0.109. The van der Waals surface area contributed by atoms with Crippen LogP contribution in [-0.2, 0) is 6.54 Å². The van der Waals surface area contributed by atoms with Crippen molar-refractivity contribution in [3.05, 3.63) is 52.7 Å². The maximum absolute atomic E-state index is 12.1. The molecule has 0 atom stereocenters. The summed E-state index contributed by atoms with van der Waals surface area (Å²) in [7, 11) is 0. The third kappa shape index (κ3) is 4.43. The van der Waals surface area contributed by atoms with Gasteiger partial charge in [-0.05, 0) is 6.07 Å². The predicted octanol–water partition coefficient (Wildman–Crippen LogP) is 1.99. The number of aryl methyl sites for hydroxylation is 1. The fourth-order valence-electron chi connectivity index (χ4n) is 2.02. The van der Waals surface area contributed by atoms with E-state index in [1.54, 1.807) is 6.92 Å². The van der Waals surface area contributed by atoms with Crippen LogP contribution in [0.2, 0.25) is 0 Å². The molecule has 8 nitrogen and oxygen atoms in total. The lowest BCUT2D eigenvalue weighted by molar-refractivity contribution is -0.154. The summed E-state index contributed by atoms with van der Waals surface area (Å²) in [4.78, 5) is 23.5. The molecule has 3 rings (SSSR count). The Morgan fingerprint density at radius 3 is 2.58 bits per heavy atom. The van der Waals surface area contributed by atoms with Crippen molar-refractivity contribution in [2.45, 2.75) is 19.6 Å². The van der Waals surface area contributed by atoms with Crippen LogP contribution in [0.5, 0.6) is 6.01 Å². The molecule has 0 bridgehead atoms. The molecule has 0 spiro atoms. The zero-order valence-electron chi connectivity index (χ0n) is 13.4. The van der Waals surface area contributed by atoms with Gasteiger partial charge in [-0.2, -0.15) is 18.3 Å². The van der Waals surface area contributed by atoms with E-state index in [9.17, 15) is 18.0 Å². The lowest BCUT2D eigenvalue weighted by Gasteiger charge is -2.08. The molecule has 0 saturated carbocycles. The topological polar surface area (TPSA) is 95.9 Å². The van der Waals surface area contributed by atoms with Crippen LogP contribution in [0.15, 0.2) is 40.0 Å².